The molecule has 1 aliphatic rings. The molecule has 90 valence electrons. The third-order valence-corrected chi connectivity index (χ3v) is 3.73. The smallest absolute Gasteiger partial charge is 0.196 e. The van der Waals surface area contributed by atoms with Crippen molar-refractivity contribution in [1.82, 2.24) is 0 Å². The van der Waals surface area contributed by atoms with Crippen molar-refractivity contribution in [1.29, 1.82) is 0 Å². The maximum Gasteiger partial charge on any atom is 0.196 e. The maximum absolute atomic E-state index is 5.63. The highest BCUT2D eigenvalue weighted by molar-refractivity contribution is 4.87. The summed E-state index contributed by atoms with van der Waals surface area (Å²) < 4.78 is 16.7. The Morgan fingerprint density at radius 3 is 1.93 bits per heavy atom. The van der Waals surface area contributed by atoms with Gasteiger partial charge in [-0.05, 0) is 19.8 Å². The molecule has 3 heteroatoms. The first-order valence-corrected chi connectivity index (χ1v) is 5.84. The summed E-state index contributed by atoms with van der Waals surface area (Å²) in [5.41, 5.74) is 0. The summed E-state index contributed by atoms with van der Waals surface area (Å²) in [6, 6.07) is 0. The van der Waals surface area contributed by atoms with Crippen LogP contribution in [-0.4, -0.2) is 33.2 Å². The lowest BCUT2D eigenvalue weighted by Crippen LogP contribution is -2.52. The molecule has 15 heavy (non-hydrogen) atoms. The fraction of sp³-hybridized carbons (Fsp3) is 1.00. The van der Waals surface area contributed by atoms with Crippen molar-refractivity contribution in [2.45, 2.75) is 50.9 Å². The fourth-order valence-electron chi connectivity index (χ4n) is 2.75. The topological polar surface area (TPSA) is 27.7 Å². The molecule has 1 atom stereocenters. The summed E-state index contributed by atoms with van der Waals surface area (Å²) in [6.45, 7) is 2.02. The molecule has 0 aliphatic heterocycles. The molecule has 0 bridgehead atoms. The molecule has 0 saturated heterocycles. The van der Waals surface area contributed by atoms with E-state index < -0.39 is 5.79 Å². The number of hydrogen-bond acceptors (Lipinski definition) is 3. The highest BCUT2D eigenvalue weighted by Gasteiger charge is 2.44. The first-order valence-electron chi connectivity index (χ1n) is 5.84. The minimum absolute atomic E-state index is 0.0319. The summed E-state index contributed by atoms with van der Waals surface area (Å²) in [6.07, 6.45) is 6.20. The largest absolute Gasteiger partial charge is 0.376 e. The second kappa shape index (κ2) is 5.83. The van der Waals surface area contributed by atoms with E-state index in [1.54, 1.807) is 21.3 Å². The highest BCUT2D eigenvalue weighted by atomic mass is 16.7. The van der Waals surface area contributed by atoms with Crippen LogP contribution in [0.3, 0.4) is 0 Å². The predicted octanol–water partition coefficient (Wildman–Crippen LogP) is 2.59. The van der Waals surface area contributed by atoms with Crippen LogP contribution in [0.5, 0.6) is 0 Å². The molecule has 1 aliphatic carbocycles. The molecule has 0 spiro atoms. The zero-order chi connectivity index (χ0) is 11.3. The van der Waals surface area contributed by atoms with Crippen molar-refractivity contribution in [2.75, 3.05) is 21.3 Å². The SMILES string of the molecule is COC(C)C(OC)(OC)C1CCCCC1. The third-order valence-electron chi connectivity index (χ3n) is 3.73. The average molecular weight is 216 g/mol. The Hall–Kier alpha value is -0.120. The molecule has 1 unspecified atom stereocenters. The van der Waals surface area contributed by atoms with E-state index in [0.717, 1.165) is 0 Å². The molecule has 1 rings (SSSR count). The number of methoxy groups -OCH3 is 3. The Morgan fingerprint density at radius 2 is 1.53 bits per heavy atom. The van der Waals surface area contributed by atoms with E-state index in [1.165, 1.54) is 32.1 Å². The monoisotopic (exact) mass is 216 g/mol. The lowest BCUT2D eigenvalue weighted by atomic mass is 9.81. The zero-order valence-electron chi connectivity index (χ0n) is 10.4. The first kappa shape index (κ1) is 12.9. The van der Waals surface area contributed by atoms with E-state index in [9.17, 15) is 0 Å². The first-order chi connectivity index (χ1) is 7.21. The normalized spacial score (nSPS) is 21.6. The van der Waals surface area contributed by atoms with Crippen LogP contribution >= 0.6 is 0 Å². The van der Waals surface area contributed by atoms with E-state index >= 15 is 0 Å². The van der Waals surface area contributed by atoms with Crippen LogP contribution in [0.25, 0.3) is 0 Å². The van der Waals surface area contributed by atoms with Crippen LogP contribution in [0.15, 0.2) is 0 Å². The Bertz CT molecular complexity index is 172. The van der Waals surface area contributed by atoms with Gasteiger partial charge >= 0.3 is 0 Å². The lowest BCUT2D eigenvalue weighted by Gasteiger charge is -2.43. The molecular formula is C12H24O3. The van der Waals surface area contributed by atoms with E-state index in [-0.39, 0.29) is 6.10 Å². The standard InChI is InChI=1S/C12H24O3/c1-10(13-2)12(14-3,15-4)11-8-6-5-7-9-11/h10-11H,5-9H2,1-4H3. The molecular weight excluding hydrogens is 192 g/mol. The fourth-order valence-corrected chi connectivity index (χ4v) is 2.75. The van der Waals surface area contributed by atoms with Crippen molar-refractivity contribution >= 4 is 0 Å². The number of ether oxygens (including phenoxy) is 3. The Morgan fingerprint density at radius 1 is 1.00 bits per heavy atom. The van der Waals surface area contributed by atoms with E-state index in [0.29, 0.717) is 5.92 Å². The Kier molecular flexibility index (Phi) is 5.03. The summed E-state index contributed by atoms with van der Waals surface area (Å²) >= 11 is 0. The summed E-state index contributed by atoms with van der Waals surface area (Å²) in [5.74, 6) is -0.106. The van der Waals surface area contributed by atoms with Crippen molar-refractivity contribution in [3.05, 3.63) is 0 Å². The maximum atomic E-state index is 5.63. The van der Waals surface area contributed by atoms with Gasteiger partial charge < -0.3 is 14.2 Å². The highest BCUT2D eigenvalue weighted by Crippen LogP contribution is 2.38. The van der Waals surface area contributed by atoms with E-state index in [1.807, 2.05) is 6.92 Å². The molecule has 0 aromatic heterocycles. The zero-order valence-corrected chi connectivity index (χ0v) is 10.4. The molecule has 0 heterocycles. The van der Waals surface area contributed by atoms with Gasteiger partial charge in [-0.2, -0.15) is 0 Å². The number of hydrogen-bond donors (Lipinski definition) is 0. The number of rotatable bonds is 5. The van der Waals surface area contributed by atoms with Gasteiger partial charge in [0.15, 0.2) is 5.79 Å². The van der Waals surface area contributed by atoms with Crippen molar-refractivity contribution in [3.63, 3.8) is 0 Å². The van der Waals surface area contributed by atoms with Crippen LogP contribution in [0.1, 0.15) is 39.0 Å². The second-order valence-electron chi connectivity index (χ2n) is 4.34. The van der Waals surface area contributed by atoms with Gasteiger partial charge in [0.1, 0.15) is 6.10 Å². The molecule has 0 aromatic rings. The Balaban J connectivity index is 2.77. The summed E-state index contributed by atoms with van der Waals surface area (Å²) in [4.78, 5) is 0. The minimum Gasteiger partial charge on any atom is -0.376 e. The van der Waals surface area contributed by atoms with E-state index in [2.05, 4.69) is 0 Å². The van der Waals surface area contributed by atoms with Crippen LogP contribution in [0.4, 0.5) is 0 Å². The van der Waals surface area contributed by atoms with E-state index in [4.69, 9.17) is 14.2 Å². The summed E-state index contributed by atoms with van der Waals surface area (Å²) in [5, 5.41) is 0. The van der Waals surface area contributed by atoms with Gasteiger partial charge in [-0.1, -0.05) is 19.3 Å². The molecule has 0 radical (unpaired) electrons. The van der Waals surface area contributed by atoms with Crippen LogP contribution in [0, 0.1) is 5.92 Å². The van der Waals surface area contributed by atoms with Gasteiger partial charge in [-0.15, -0.1) is 0 Å². The van der Waals surface area contributed by atoms with Gasteiger partial charge in [-0.3, -0.25) is 0 Å². The predicted molar refractivity (Wildman–Crippen MR) is 59.8 cm³/mol. The van der Waals surface area contributed by atoms with Gasteiger partial charge in [-0.25, -0.2) is 0 Å². The quantitative estimate of drug-likeness (QED) is 0.661. The van der Waals surface area contributed by atoms with Crippen LogP contribution in [-0.2, 0) is 14.2 Å². The van der Waals surface area contributed by atoms with Crippen LogP contribution in [0.2, 0.25) is 0 Å². The molecule has 0 amide bonds. The van der Waals surface area contributed by atoms with Gasteiger partial charge in [0.25, 0.3) is 0 Å². The van der Waals surface area contributed by atoms with Crippen molar-refractivity contribution < 1.29 is 14.2 Å². The Labute approximate surface area is 93.1 Å². The molecule has 0 aromatic carbocycles. The molecule has 1 fully saturated rings. The summed E-state index contributed by atoms with van der Waals surface area (Å²) in [7, 11) is 5.14. The van der Waals surface area contributed by atoms with Gasteiger partial charge in [0.05, 0.1) is 0 Å². The lowest BCUT2D eigenvalue weighted by molar-refractivity contribution is -0.292. The van der Waals surface area contributed by atoms with Gasteiger partial charge in [0.2, 0.25) is 0 Å². The molecule has 1 saturated carbocycles. The second-order valence-corrected chi connectivity index (χ2v) is 4.34. The average Bonchev–Trinajstić information content (AvgIpc) is 2.32. The van der Waals surface area contributed by atoms with Crippen LogP contribution < -0.4 is 0 Å². The molecule has 0 N–H and O–H groups in total. The van der Waals surface area contributed by atoms with Gasteiger partial charge in [0, 0.05) is 27.2 Å². The van der Waals surface area contributed by atoms with Crippen molar-refractivity contribution in [2.24, 2.45) is 5.92 Å². The minimum atomic E-state index is -0.560. The van der Waals surface area contributed by atoms with Crippen molar-refractivity contribution in [3.8, 4) is 0 Å². The third kappa shape index (κ3) is 2.52. The molecule has 3 nitrogen and oxygen atoms in total.